The molecule has 2 heterocycles. The fourth-order valence-corrected chi connectivity index (χ4v) is 3.45. The third kappa shape index (κ3) is 3.15. The molecular formula is C21H20N6O. The van der Waals surface area contributed by atoms with Gasteiger partial charge < -0.3 is 5.32 Å². The quantitative estimate of drug-likeness (QED) is 0.582. The van der Waals surface area contributed by atoms with Crippen LogP contribution in [0.15, 0.2) is 54.6 Å². The first-order valence-electron chi connectivity index (χ1n) is 9.42. The SMILES string of the molecule is Cc1cc(C2CC2)n(-c2ccc(NC(=O)Cn3nnc4ccccc43)cc2)n1. The summed E-state index contributed by atoms with van der Waals surface area (Å²) in [5.74, 6) is 0.482. The van der Waals surface area contributed by atoms with E-state index in [1.54, 1.807) is 4.68 Å². The van der Waals surface area contributed by atoms with Gasteiger partial charge in [-0.15, -0.1) is 5.10 Å². The first-order chi connectivity index (χ1) is 13.7. The van der Waals surface area contributed by atoms with Crippen LogP contribution in [0.2, 0.25) is 0 Å². The van der Waals surface area contributed by atoms with Crippen LogP contribution in [0.3, 0.4) is 0 Å². The molecule has 2 aromatic heterocycles. The van der Waals surface area contributed by atoms with E-state index in [0.717, 1.165) is 28.1 Å². The molecule has 0 atom stereocenters. The summed E-state index contributed by atoms with van der Waals surface area (Å²) < 4.78 is 3.62. The van der Waals surface area contributed by atoms with Crippen molar-refractivity contribution in [1.82, 2.24) is 24.8 Å². The van der Waals surface area contributed by atoms with Crippen molar-refractivity contribution in [3.63, 3.8) is 0 Å². The minimum Gasteiger partial charge on any atom is -0.324 e. The zero-order chi connectivity index (χ0) is 19.1. The van der Waals surface area contributed by atoms with Crippen molar-refractivity contribution >= 4 is 22.6 Å². The van der Waals surface area contributed by atoms with Crippen molar-refractivity contribution in [3.8, 4) is 5.69 Å². The van der Waals surface area contributed by atoms with Crippen LogP contribution >= 0.6 is 0 Å². The molecule has 7 nitrogen and oxygen atoms in total. The predicted octanol–water partition coefficient (Wildman–Crippen LogP) is 3.44. The number of anilines is 1. The zero-order valence-corrected chi connectivity index (χ0v) is 15.5. The second kappa shape index (κ2) is 6.60. The molecule has 1 aliphatic carbocycles. The maximum absolute atomic E-state index is 12.4. The van der Waals surface area contributed by atoms with E-state index in [1.165, 1.54) is 18.5 Å². The lowest BCUT2D eigenvalue weighted by Crippen LogP contribution is -2.19. The van der Waals surface area contributed by atoms with Crippen molar-refractivity contribution in [2.45, 2.75) is 32.2 Å². The Morgan fingerprint density at radius 2 is 1.93 bits per heavy atom. The highest BCUT2D eigenvalue weighted by Crippen LogP contribution is 2.41. The average Bonchev–Trinajstić information content (AvgIpc) is 3.36. The summed E-state index contributed by atoms with van der Waals surface area (Å²) in [6.07, 6.45) is 2.46. The molecule has 0 spiro atoms. The highest BCUT2D eigenvalue weighted by atomic mass is 16.2. The van der Waals surface area contributed by atoms with E-state index in [9.17, 15) is 4.79 Å². The van der Waals surface area contributed by atoms with Gasteiger partial charge in [-0.3, -0.25) is 4.79 Å². The number of fused-ring (bicyclic) bond motifs is 1. The zero-order valence-electron chi connectivity index (χ0n) is 15.5. The van der Waals surface area contributed by atoms with E-state index in [-0.39, 0.29) is 12.5 Å². The highest BCUT2D eigenvalue weighted by Gasteiger charge is 2.28. The van der Waals surface area contributed by atoms with Crippen LogP contribution in [0.4, 0.5) is 5.69 Å². The summed E-state index contributed by atoms with van der Waals surface area (Å²) in [6.45, 7) is 2.14. The first-order valence-corrected chi connectivity index (χ1v) is 9.42. The minimum absolute atomic E-state index is 0.118. The van der Waals surface area contributed by atoms with E-state index < -0.39 is 0 Å². The van der Waals surface area contributed by atoms with Gasteiger partial charge in [0.25, 0.3) is 0 Å². The molecule has 1 saturated carbocycles. The van der Waals surface area contributed by atoms with Gasteiger partial charge in [0.1, 0.15) is 12.1 Å². The number of rotatable bonds is 5. The molecule has 0 radical (unpaired) electrons. The van der Waals surface area contributed by atoms with Crippen LogP contribution in [-0.2, 0) is 11.3 Å². The molecule has 1 amide bonds. The van der Waals surface area contributed by atoms with Crippen LogP contribution in [0.25, 0.3) is 16.7 Å². The monoisotopic (exact) mass is 372 g/mol. The molecule has 28 heavy (non-hydrogen) atoms. The van der Waals surface area contributed by atoms with E-state index >= 15 is 0 Å². The van der Waals surface area contributed by atoms with Gasteiger partial charge in [0, 0.05) is 17.3 Å². The summed E-state index contributed by atoms with van der Waals surface area (Å²) in [5.41, 5.74) is 5.67. The van der Waals surface area contributed by atoms with Crippen LogP contribution in [0.1, 0.15) is 30.1 Å². The van der Waals surface area contributed by atoms with E-state index in [4.69, 9.17) is 0 Å². The minimum atomic E-state index is -0.142. The van der Waals surface area contributed by atoms with Gasteiger partial charge in [0.2, 0.25) is 5.91 Å². The molecule has 1 aliphatic rings. The number of para-hydroxylation sites is 1. The van der Waals surface area contributed by atoms with Gasteiger partial charge >= 0.3 is 0 Å². The molecule has 0 saturated heterocycles. The predicted molar refractivity (Wildman–Crippen MR) is 106 cm³/mol. The molecule has 0 bridgehead atoms. The molecule has 4 aromatic rings. The summed E-state index contributed by atoms with van der Waals surface area (Å²) in [5, 5.41) is 15.7. The summed E-state index contributed by atoms with van der Waals surface area (Å²) >= 11 is 0. The highest BCUT2D eigenvalue weighted by molar-refractivity contribution is 5.91. The maximum Gasteiger partial charge on any atom is 0.246 e. The number of carbonyl (C=O) groups is 1. The lowest BCUT2D eigenvalue weighted by Gasteiger charge is -2.09. The van der Waals surface area contributed by atoms with Crippen molar-refractivity contribution in [1.29, 1.82) is 0 Å². The van der Waals surface area contributed by atoms with Crippen LogP contribution in [0, 0.1) is 6.92 Å². The van der Waals surface area contributed by atoms with Crippen molar-refractivity contribution in [2.75, 3.05) is 5.32 Å². The third-order valence-electron chi connectivity index (χ3n) is 4.96. The summed E-state index contributed by atoms with van der Waals surface area (Å²) in [6, 6.07) is 17.5. The van der Waals surface area contributed by atoms with E-state index in [2.05, 4.69) is 26.8 Å². The molecule has 0 unspecified atom stereocenters. The molecule has 140 valence electrons. The Labute approximate surface area is 162 Å². The number of hydrogen-bond donors (Lipinski definition) is 1. The molecule has 5 rings (SSSR count). The number of nitrogens with one attached hydrogen (secondary N) is 1. The fraction of sp³-hybridized carbons (Fsp3) is 0.238. The van der Waals surface area contributed by atoms with Gasteiger partial charge in [-0.2, -0.15) is 5.10 Å². The second-order valence-electron chi connectivity index (χ2n) is 7.23. The van der Waals surface area contributed by atoms with E-state index in [0.29, 0.717) is 5.92 Å². The van der Waals surface area contributed by atoms with Crippen LogP contribution < -0.4 is 5.32 Å². The maximum atomic E-state index is 12.4. The van der Waals surface area contributed by atoms with Gasteiger partial charge in [0.05, 0.1) is 16.9 Å². The molecular weight excluding hydrogens is 352 g/mol. The Morgan fingerprint density at radius 3 is 2.71 bits per heavy atom. The average molecular weight is 372 g/mol. The largest absolute Gasteiger partial charge is 0.324 e. The van der Waals surface area contributed by atoms with Crippen molar-refractivity contribution in [3.05, 3.63) is 66.0 Å². The standard InChI is InChI=1S/C21H20N6O/c1-14-12-20(15-6-7-15)27(24-14)17-10-8-16(9-11-17)22-21(28)13-26-19-5-3-2-4-18(19)23-25-26/h2-5,8-12,15H,6-7,13H2,1H3,(H,22,28). The number of aromatic nitrogens is 5. The van der Waals surface area contributed by atoms with Gasteiger partial charge in [-0.05, 0) is 62.2 Å². The Kier molecular flexibility index (Phi) is 3.93. The van der Waals surface area contributed by atoms with Gasteiger partial charge in [0.15, 0.2) is 0 Å². The number of nitrogens with zero attached hydrogens (tertiary/aromatic N) is 5. The molecule has 7 heteroatoms. The fourth-order valence-electron chi connectivity index (χ4n) is 3.45. The lowest BCUT2D eigenvalue weighted by molar-refractivity contribution is -0.116. The number of hydrogen-bond acceptors (Lipinski definition) is 4. The lowest BCUT2D eigenvalue weighted by atomic mass is 10.2. The van der Waals surface area contributed by atoms with Crippen molar-refractivity contribution in [2.24, 2.45) is 0 Å². The Morgan fingerprint density at radius 1 is 1.14 bits per heavy atom. The Balaban J connectivity index is 1.30. The molecule has 1 N–H and O–H groups in total. The third-order valence-corrected chi connectivity index (χ3v) is 4.96. The number of benzene rings is 2. The smallest absolute Gasteiger partial charge is 0.246 e. The molecule has 0 aliphatic heterocycles. The van der Waals surface area contributed by atoms with Crippen LogP contribution in [-0.4, -0.2) is 30.7 Å². The molecule has 2 aromatic carbocycles. The van der Waals surface area contributed by atoms with E-state index in [1.807, 2.05) is 60.1 Å². The van der Waals surface area contributed by atoms with Gasteiger partial charge in [-0.1, -0.05) is 17.3 Å². The Bertz CT molecular complexity index is 1150. The first kappa shape index (κ1) is 16.7. The number of amides is 1. The van der Waals surface area contributed by atoms with Crippen molar-refractivity contribution < 1.29 is 4.79 Å². The molecule has 1 fully saturated rings. The number of aryl methyl sites for hydroxylation is 1. The second-order valence-corrected chi connectivity index (χ2v) is 7.23. The topological polar surface area (TPSA) is 77.6 Å². The Hall–Kier alpha value is -3.48. The van der Waals surface area contributed by atoms with Crippen LogP contribution in [0.5, 0.6) is 0 Å². The number of carbonyl (C=O) groups excluding carboxylic acids is 1. The summed E-state index contributed by atoms with van der Waals surface area (Å²) in [7, 11) is 0. The normalized spacial score (nSPS) is 13.8. The summed E-state index contributed by atoms with van der Waals surface area (Å²) in [4.78, 5) is 12.4. The van der Waals surface area contributed by atoms with Gasteiger partial charge in [-0.25, -0.2) is 9.36 Å².